The van der Waals surface area contributed by atoms with Crippen LogP contribution in [0.4, 0.5) is 0 Å². The van der Waals surface area contributed by atoms with E-state index in [1.807, 2.05) is 0 Å². The third kappa shape index (κ3) is 5.18. The van der Waals surface area contributed by atoms with Crippen molar-refractivity contribution in [1.82, 2.24) is 0 Å². The zero-order valence-corrected chi connectivity index (χ0v) is 16.2. The van der Waals surface area contributed by atoms with Crippen molar-refractivity contribution >= 4 is 14.4 Å². The van der Waals surface area contributed by atoms with E-state index < -0.39 is 8.32 Å². The molecule has 0 radical (unpaired) electrons. The first-order chi connectivity index (χ1) is 11.7. The van der Waals surface area contributed by atoms with Crippen LogP contribution < -0.4 is 0 Å². The largest absolute Gasteiger partial charge is 0.410 e. The quantitative estimate of drug-likeness (QED) is 0.454. The van der Waals surface area contributed by atoms with Gasteiger partial charge in [0.05, 0.1) is 6.10 Å². The van der Waals surface area contributed by atoms with Gasteiger partial charge in [0.2, 0.25) is 0 Å². The molecule has 0 bridgehead atoms. The van der Waals surface area contributed by atoms with Crippen molar-refractivity contribution in [3.8, 4) is 0 Å². The summed E-state index contributed by atoms with van der Waals surface area (Å²) in [6.07, 6.45) is 5.55. The second-order valence-corrected chi connectivity index (χ2v) is 11.0. The fourth-order valence-electron chi connectivity index (χ4n) is 3.11. The molecule has 24 heavy (non-hydrogen) atoms. The molecule has 2 heteroatoms. The summed E-state index contributed by atoms with van der Waals surface area (Å²) in [6.45, 7) is 6.88. The molecule has 0 spiro atoms. The van der Waals surface area contributed by atoms with Gasteiger partial charge in [0.25, 0.3) is 0 Å². The Hall–Kier alpha value is -1.64. The van der Waals surface area contributed by atoms with Gasteiger partial charge in [-0.25, -0.2) is 0 Å². The van der Waals surface area contributed by atoms with Crippen LogP contribution in [-0.2, 0) is 4.43 Å². The number of hydrogen-bond donors (Lipinski definition) is 0. The van der Waals surface area contributed by atoms with Crippen molar-refractivity contribution < 1.29 is 4.43 Å². The molecule has 0 aliphatic heterocycles. The van der Waals surface area contributed by atoms with Crippen LogP contribution in [0, 0.1) is 0 Å². The molecule has 0 fully saturated rings. The van der Waals surface area contributed by atoms with Crippen molar-refractivity contribution in [3.05, 3.63) is 77.9 Å². The lowest BCUT2D eigenvalue weighted by Crippen LogP contribution is -2.37. The van der Waals surface area contributed by atoms with Crippen LogP contribution in [0.2, 0.25) is 18.1 Å². The predicted octanol–water partition coefficient (Wildman–Crippen LogP) is 6.85. The molecule has 2 aromatic carbocycles. The minimum atomic E-state index is -1.63. The Kier molecular flexibility index (Phi) is 7.48. The summed E-state index contributed by atoms with van der Waals surface area (Å²) >= 11 is 0. The van der Waals surface area contributed by atoms with Crippen molar-refractivity contribution in [2.24, 2.45) is 0 Å². The van der Waals surface area contributed by atoms with E-state index in [1.165, 1.54) is 29.3 Å². The molecule has 1 unspecified atom stereocenters. The van der Waals surface area contributed by atoms with Gasteiger partial charge in [-0.3, -0.25) is 0 Å². The first-order valence-corrected chi connectivity index (χ1v) is 11.7. The van der Waals surface area contributed by atoms with Crippen LogP contribution in [0.15, 0.2) is 66.7 Å². The molecule has 0 aliphatic rings. The molecule has 0 amide bonds. The van der Waals surface area contributed by atoms with E-state index in [1.54, 1.807) is 0 Å². The van der Waals surface area contributed by atoms with Gasteiger partial charge in [0.15, 0.2) is 8.32 Å². The van der Waals surface area contributed by atoms with Crippen LogP contribution in [0.5, 0.6) is 0 Å². The Balaban J connectivity index is 2.16. The summed E-state index contributed by atoms with van der Waals surface area (Å²) in [5.74, 6) is 0. The molecule has 0 saturated heterocycles. The molecule has 0 heterocycles. The Morgan fingerprint density at radius 3 is 1.92 bits per heavy atom. The third-order valence-electron chi connectivity index (χ3n) is 4.96. The molecule has 0 aliphatic carbocycles. The summed E-state index contributed by atoms with van der Waals surface area (Å²) in [6, 6.07) is 24.7. The minimum absolute atomic E-state index is 0.165. The molecule has 0 N–H and O–H groups in total. The molecule has 2 rings (SSSR count). The van der Waals surface area contributed by atoms with E-state index in [9.17, 15) is 0 Å². The minimum Gasteiger partial charge on any atom is -0.410 e. The summed E-state index contributed by atoms with van der Waals surface area (Å²) < 4.78 is 6.80. The summed E-state index contributed by atoms with van der Waals surface area (Å²) in [5.41, 5.74) is 2.54. The van der Waals surface area contributed by atoms with Crippen molar-refractivity contribution in [2.45, 2.75) is 51.4 Å². The molecule has 1 nitrogen and oxygen atoms in total. The van der Waals surface area contributed by atoms with Gasteiger partial charge in [-0.1, -0.05) is 93.6 Å². The van der Waals surface area contributed by atoms with Gasteiger partial charge in [0.1, 0.15) is 0 Å². The maximum absolute atomic E-state index is 6.80. The summed E-state index contributed by atoms with van der Waals surface area (Å²) in [4.78, 5) is 0. The van der Waals surface area contributed by atoms with Gasteiger partial charge >= 0.3 is 0 Å². The van der Waals surface area contributed by atoms with Crippen molar-refractivity contribution in [3.63, 3.8) is 0 Å². The van der Waals surface area contributed by atoms with Gasteiger partial charge in [-0.15, -0.1) is 0 Å². The highest BCUT2D eigenvalue weighted by Crippen LogP contribution is 2.32. The maximum atomic E-state index is 6.80. The van der Waals surface area contributed by atoms with Crippen LogP contribution in [-0.4, -0.2) is 8.32 Å². The van der Waals surface area contributed by atoms with Crippen LogP contribution in [0.1, 0.15) is 44.4 Å². The van der Waals surface area contributed by atoms with Crippen LogP contribution in [0.3, 0.4) is 0 Å². The van der Waals surface area contributed by atoms with Gasteiger partial charge < -0.3 is 4.43 Å². The van der Waals surface area contributed by atoms with Crippen molar-refractivity contribution in [2.75, 3.05) is 0 Å². The highest BCUT2D eigenvalue weighted by molar-refractivity contribution is 6.73. The predicted molar refractivity (Wildman–Crippen MR) is 108 cm³/mol. The summed E-state index contributed by atoms with van der Waals surface area (Å²) in [7, 11) is -1.63. The molecule has 128 valence electrons. The van der Waals surface area contributed by atoms with E-state index >= 15 is 0 Å². The molecule has 0 saturated carbocycles. The first kappa shape index (κ1) is 18.7. The SMILES string of the molecule is CC[Si](CC)(CC)OC(C/C=C/c1ccccc1)c1ccccc1. The Morgan fingerprint density at radius 2 is 1.38 bits per heavy atom. The molecular formula is C22H30OSi. The normalized spacial score (nSPS) is 13.3. The first-order valence-electron chi connectivity index (χ1n) is 9.17. The Bertz CT molecular complexity index is 594. The standard InChI is InChI=1S/C22H30OSi/c1-4-24(5-2,6-3)23-22(21-17-11-8-12-18-21)19-13-16-20-14-9-7-10-15-20/h7-18,22H,4-6,19H2,1-3H3/b16-13+. The zero-order chi connectivity index (χ0) is 17.3. The molecule has 2 aromatic rings. The second-order valence-electron chi connectivity index (χ2n) is 6.31. The lowest BCUT2D eigenvalue weighted by Gasteiger charge is -2.33. The highest BCUT2D eigenvalue weighted by atomic mass is 28.4. The van der Waals surface area contributed by atoms with Gasteiger partial charge in [0, 0.05) is 0 Å². The third-order valence-corrected chi connectivity index (χ3v) is 9.61. The van der Waals surface area contributed by atoms with Crippen molar-refractivity contribution in [1.29, 1.82) is 0 Å². The van der Waals surface area contributed by atoms with Gasteiger partial charge in [-0.2, -0.15) is 0 Å². The number of benzene rings is 2. The lowest BCUT2D eigenvalue weighted by atomic mass is 10.1. The summed E-state index contributed by atoms with van der Waals surface area (Å²) in [5, 5.41) is 0. The second kappa shape index (κ2) is 9.60. The molecule has 1 atom stereocenters. The fraction of sp³-hybridized carbons (Fsp3) is 0.364. The van der Waals surface area contributed by atoms with Crippen LogP contribution in [0.25, 0.3) is 6.08 Å². The van der Waals surface area contributed by atoms with E-state index in [2.05, 4.69) is 93.6 Å². The lowest BCUT2D eigenvalue weighted by molar-refractivity contribution is 0.193. The van der Waals surface area contributed by atoms with E-state index in [-0.39, 0.29) is 6.10 Å². The topological polar surface area (TPSA) is 9.23 Å². The smallest absolute Gasteiger partial charge is 0.192 e. The highest BCUT2D eigenvalue weighted by Gasteiger charge is 2.32. The van der Waals surface area contributed by atoms with E-state index in [4.69, 9.17) is 4.43 Å². The van der Waals surface area contributed by atoms with Crippen LogP contribution >= 0.6 is 0 Å². The van der Waals surface area contributed by atoms with Gasteiger partial charge in [-0.05, 0) is 35.7 Å². The number of rotatable bonds is 9. The molecular weight excluding hydrogens is 308 g/mol. The van der Waals surface area contributed by atoms with E-state index in [0.717, 1.165) is 6.42 Å². The maximum Gasteiger partial charge on any atom is 0.192 e. The fourth-order valence-corrected chi connectivity index (χ4v) is 5.95. The Morgan fingerprint density at radius 1 is 0.833 bits per heavy atom. The zero-order valence-electron chi connectivity index (χ0n) is 15.2. The van der Waals surface area contributed by atoms with E-state index in [0.29, 0.717) is 0 Å². The average Bonchev–Trinajstić information content (AvgIpc) is 2.66. The Labute approximate surface area is 148 Å². The number of hydrogen-bond acceptors (Lipinski definition) is 1. The average molecular weight is 339 g/mol. The molecule has 0 aromatic heterocycles. The monoisotopic (exact) mass is 338 g/mol.